The van der Waals surface area contributed by atoms with Crippen molar-refractivity contribution in [3.8, 4) is 0 Å². The number of methoxy groups -OCH3 is 1. The van der Waals surface area contributed by atoms with Gasteiger partial charge >= 0.3 is 0 Å². The fourth-order valence-corrected chi connectivity index (χ4v) is 2.67. The highest BCUT2D eigenvalue weighted by molar-refractivity contribution is 7.17. The highest BCUT2D eigenvalue weighted by atomic mass is 32.1. The molecule has 0 amide bonds. The summed E-state index contributed by atoms with van der Waals surface area (Å²) in [6.45, 7) is 3.08. The largest absolute Gasteiger partial charge is 0.383 e. The van der Waals surface area contributed by atoms with Crippen LogP contribution in [0.2, 0.25) is 0 Å². The number of nitrogens with two attached hydrogens (primary N) is 1. The average molecular weight is 266 g/mol. The lowest BCUT2D eigenvalue weighted by Crippen LogP contribution is -2.30. The van der Waals surface area contributed by atoms with Crippen LogP contribution in [0.1, 0.15) is 6.42 Å². The molecule has 2 rings (SSSR count). The standard InChI is InChI=1S/C12H18N4OS/c1-17-7-6-16(5-2-4-13)12-11-10(3-8-18-11)14-9-15-12/h3,8-9H,2,4-7,13H2,1H3. The number of nitrogens with zero attached hydrogens (tertiary/aromatic N) is 3. The van der Waals surface area contributed by atoms with Gasteiger partial charge in [0, 0.05) is 20.2 Å². The van der Waals surface area contributed by atoms with Gasteiger partial charge in [-0.2, -0.15) is 0 Å². The summed E-state index contributed by atoms with van der Waals surface area (Å²) in [5.74, 6) is 0.987. The van der Waals surface area contributed by atoms with Crippen molar-refractivity contribution in [2.24, 2.45) is 5.73 Å². The second-order valence-corrected chi connectivity index (χ2v) is 4.87. The molecule has 18 heavy (non-hydrogen) atoms. The summed E-state index contributed by atoms with van der Waals surface area (Å²) < 4.78 is 6.28. The molecule has 2 heterocycles. The van der Waals surface area contributed by atoms with Crippen LogP contribution in [-0.4, -0.2) is 43.3 Å². The molecule has 0 fully saturated rings. The predicted octanol–water partition coefficient (Wildman–Crippen LogP) is 1.49. The second-order valence-electron chi connectivity index (χ2n) is 3.95. The summed E-state index contributed by atoms with van der Waals surface area (Å²) in [7, 11) is 1.71. The van der Waals surface area contributed by atoms with Crippen LogP contribution in [0.15, 0.2) is 17.8 Å². The lowest BCUT2D eigenvalue weighted by molar-refractivity contribution is 0.205. The Morgan fingerprint density at radius 3 is 3.06 bits per heavy atom. The SMILES string of the molecule is COCCN(CCCN)c1ncnc2ccsc12. The number of anilines is 1. The fraction of sp³-hybridized carbons (Fsp3) is 0.500. The summed E-state index contributed by atoms with van der Waals surface area (Å²) in [5, 5.41) is 2.04. The van der Waals surface area contributed by atoms with E-state index in [1.165, 1.54) is 0 Å². The Labute approximate surface area is 111 Å². The van der Waals surface area contributed by atoms with Crippen LogP contribution in [0.5, 0.6) is 0 Å². The molecule has 2 aromatic heterocycles. The average Bonchev–Trinajstić information content (AvgIpc) is 2.87. The van der Waals surface area contributed by atoms with Crippen molar-refractivity contribution >= 4 is 27.4 Å². The number of aromatic nitrogens is 2. The molecule has 0 aromatic carbocycles. The van der Waals surface area contributed by atoms with Crippen LogP contribution >= 0.6 is 11.3 Å². The zero-order valence-electron chi connectivity index (χ0n) is 10.5. The molecular weight excluding hydrogens is 248 g/mol. The lowest BCUT2D eigenvalue weighted by Gasteiger charge is -2.23. The Hall–Kier alpha value is -1.24. The van der Waals surface area contributed by atoms with Crippen molar-refractivity contribution in [3.05, 3.63) is 17.8 Å². The van der Waals surface area contributed by atoms with E-state index in [4.69, 9.17) is 10.5 Å². The van der Waals surface area contributed by atoms with E-state index in [0.29, 0.717) is 13.2 Å². The van der Waals surface area contributed by atoms with Crippen LogP contribution in [0.3, 0.4) is 0 Å². The molecule has 2 aromatic rings. The normalized spacial score (nSPS) is 11.0. The van der Waals surface area contributed by atoms with Gasteiger partial charge in [-0.05, 0) is 24.4 Å². The zero-order valence-corrected chi connectivity index (χ0v) is 11.3. The van der Waals surface area contributed by atoms with Gasteiger partial charge < -0.3 is 15.4 Å². The number of fused-ring (bicyclic) bond motifs is 1. The highest BCUT2D eigenvalue weighted by Crippen LogP contribution is 2.27. The molecule has 0 unspecified atom stereocenters. The Morgan fingerprint density at radius 2 is 2.28 bits per heavy atom. The number of hydrogen-bond donors (Lipinski definition) is 1. The molecule has 0 aliphatic carbocycles. The first-order valence-corrected chi connectivity index (χ1v) is 6.87. The van der Waals surface area contributed by atoms with E-state index in [1.54, 1.807) is 24.8 Å². The Kier molecular flexibility index (Phi) is 4.86. The topological polar surface area (TPSA) is 64.3 Å². The Balaban J connectivity index is 2.24. The summed E-state index contributed by atoms with van der Waals surface area (Å²) in [6, 6.07) is 2.02. The molecule has 0 radical (unpaired) electrons. The summed E-state index contributed by atoms with van der Waals surface area (Å²) >= 11 is 1.67. The second kappa shape index (κ2) is 6.63. The maximum atomic E-state index is 5.59. The van der Waals surface area contributed by atoms with Gasteiger partial charge in [0.15, 0.2) is 0 Å². The van der Waals surface area contributed by atoms with Crippen molar-refractivity contribution in [1.82, 2.24) is 9.97 Å². The molecule has 0 atom stereocenters. The van der Waals surface area contributed by atoms with E-state index >= 15 is 0 Å². The Bertz CT molecular complexity index is 480. The first kappa shape index (κ1) is 13.2. The van der Waals surface area contributed by atoms with E-state index in [9.17, 15) is 0 Å². The summed E-state index contributed by atoms with van der Waals surface area (Å²) in [5.41, 5.74) is 6.59. The lowest BCUT2D eigenvalue weighted by atomic mass is 10.3. The van der Waals surface area contributed by atoms with Gasteiger partial charge in [-0.3, -0.25) is 0 Å². The minimum atomic E-state index is 0.682. The molecule has 0 aliphatic heterocycles. The first-order valence-electron chi connectivity index (χ1n) is 5.99. The molecule has 6 heteroatoms. The molecule has 0 saturated carbocycles. The van der Waals surface area contributed by atoms with Gasteiger partial charge in [-0.25, -0.2) is 9.97 Å². The van der Waals surface area contributed by atoms with Crippen LogP contribution in [0, 0.1) is 0 Å². The molecule has 2 N–H and O–H groups in total. The van der Waals surface area contributed by atoms with E-state index in [-0.39, 0.29) is 0 Å². The maximum absolute atomic E-state index is 5.59. The third-order valence-electron chi connectivity index (χ3n) is 2.72. The molecule has 0 spiro atoms. The molecule has 98 valence electrons. The summed E-state index contributed by atoms with van der Waals surface area (Å²) in [6.07, 6.45) is 2.56. The van der Waals surface area contributed by atoms with Crippen molar-refractivity contribution in [3.63, 3.8) is 0 Å². The van der Waals surface area contributed by atoms with E-state index in [0.717, 1.165) is 35.5 Å². The van der Waals surface area contributed by atoms with Gasteiger partial charge in [0.25, 0.3) is 0 Å². The van der Waals surface area contributed by atoms with E-state index in [2.05, 4.69) is 14.9 Å². The molecule has 5 nitrogen and oxygen atoms in total. The quantitative estimate of drug-likeness (QED) is 0.822. The molecule has 0 saturated heterocycles. The van der Waals surface area contributed by atoms with E-state index in [1.807, 2.05) is 11.4 Å². The van der Waals surface area contributed by atoms with Crippen LogP contribution in [0.25, 0.3) is 10.2 Å². The highest BCUT2D eigenvalue weighted by Gasteiger charge is 2.12. The maximum Gasteiger partial charge on any atom is 0.150 e. The Morgan fingerprint density at radius 1 is 1.39 bits per heavy atom. The van der Waals surface area contributed by atoms with Gasteiger partial charge in [-0.15, -0.1) is 11.3 Å². The molecule has 0 aliphatic rings. The first-order chi connectivity index (χ1) is 8.86. The van der Waals surface area contributed by atoms with Crippen molar-refractivity contribution in [1.29, 1.82) is 0 Å². The van der Waals surface area contributed by atoms with Crippen molar-refractivity contribution in [2.45, 2.75) is 6.42 Å². The van der Waals surface area contributed by atoms with Gasteiger partial charge in [0.1, 0.15) is 12.1 Å². The van der Waals surface area contributed by atoms with Gasteiger partial charge in [0.2, 0.25) is 0 Å². The minimum Gasteiger partial charge on any atom is -0.383 e. The smallest absolute Gasteiger partial charge is 0.150 e. The van der Waals surface area contributed by atoms with Crippen LogP contribution < -0.4 is 10.6 Å². The third-order valence-corrected chi connectivity index (χ3v) is 3.62. The minimum absolute atomic E-state index is 0.682. The molecule has 0 bridgehead atoms. The monoisotopic (exact) mass is 266 g/mol. The van der Waals surface area contributed by atoms with Crippen LogP contribution in [0.4, 0.5) is 5.82 Å². The number of rotatable bonds is 7. The summed E-state index contributed by atoms with van der Waals surface area (Å²) in [4.78, 5) is 10.9. The van der Waals surface area contributed by atoms with Crippen molar-refractivity contribution < 1.29 is 4.74 Å². The van der Waals surface area contributed by atoms with Gasteiger partial charge in [-0.1, -0.05) is 0 Å². The fourth-order valence-electron chi connectivity index (χ4n) is 1.81. The zero-order chi connectivity index (χ0) is 12.8. The van der Waals surface area contributed by atoms with Gasteiger partial charge in [0.05, 0.1) is 16.8 Å². The van der Waals surface area contributed by atoms with Crippen LogP contribution in [-0.2, 0) is 4.74 Å². The third kappa shape index (κ3) is 2.95. The van der Waals surface area contributed by atoms with Crippen molar-refractivity contribution in [2.75, 3.05) is 38.3 Å². The number of ether oxygens (including phenoxy) is 1. The number of thiophene rings is 1. The van der Waals surface area contributed by atoms with E-state index < -0.39 is 0 Å². The predicted molar refractivity (Wildman–Crippen MR) is 75.2 cm³/mol. The number of hydrogen-bond acceptors (Lipinski definition) is 6. The molecular formula is C12H18N4OS.